The van der Waals surface area contributed by atoms with Crippen molar-refractivity contribution in [3.05, 3.63) is 24.0 Å². The lowest BCUT2D eigenvalue weighted by molar-refractivity contribution is -0.123. The van der Waals surface area contributed by atoms with Crippen LogP contribution in [0, 0.1) is 5.41 Å². The lowest BCUT2D eigenvalue weighted by Gasteiger charge is -2.18. The molecule has 0 aliphatic heterocycles. The minimum absolute atomic E-state index is 0.0911. The van der Waals surface area contributed by atoms with Gasteiger partial charge in [0.25, 0.3) is 0 Å². The maximum absolute atomic E-state index is 11.8. The second-order valence-corrected chi connectivity index (χ2v) is 4.68. The second-order valence-electron chi connectivity index (χ2n) is 4.68. The summed E-state index contributed by atoms with van der Waals surface area (Å²) in [5.74, 6) is -0.227. The molecule has 0 aromatic carbocycles. The van der Waals surface area contributed by atoms with Crippen molar-refractivity contribution in [3.8, 4) is 0 Å². The van der Waals surface area contributed by atoms with Crippen LogP contribution < -0.4 is 5.32 Å². The summed E-state index contributed by atoms with van der Waals surface area (Å²) in [4.78, 5) is 27.0. The number of carbonyl (C=O) groups excluding carboxylic acids is 2. The van der Waals surface area contributed by atoms with Crippen molar-refractivity contribution < 1.29 is 9.59 Å². The summed E-state index contributed by atoms with van der Waals surface area (Å²) in [6.07, 6.45) is 3.02. The molecule has 0 aliphatic carbocycles. The molecule has 4 heteroatoms. The zero-order chi connectivity index (χ0) is 12.3. The Bertz CT molecular complexity index is 419. The van der Waals surface area contributed by atoms with E-state index in [-0.39, 0.29) is 11.7 Å². The molecule has 0 saturated heterocycles. The van der Waals surface area contributed by atoms with Gasteiger partial charge in [0.15, 0.2) is 5.78 Å². The van der Waals surface area contributed by atoms with Crippen LogP contribution >= 0.6 is 0 Å². The largest absolute Gasteiger partial charge is 0.324 e. The lowest BCUT2D eigenvalue weighted by atomic mass is 9.95. The number of rotatable bonds is 2. The summed E-state index contributed by atoms with van der Waals surface area (Å²) in [5, 5.41) is 2.71. The molecule has 0 atom stereocenters. The van der Waals surface area contributed by atoms with E-state index in [4.69, 9.17) is 0 Å². The predicted molar refractivity (Wildman–Crippen MR) is 62.3 cm³/mol. The molecule has 1 aromatic rings. The predicted octanol–water partition coefficient (Wildman–Crippen LogP) is 2.27. The minimum Gasteiger partial charge on any atom is -0.324 e. The molecule has 0 aliphatic rings. The Morgan fingerprint density at radius 1 is 1.31 bits per heavy atom. The van der Waals surface area contributed by atoms with Crippen LogP contribution in [0.25, 0.3) is 0 Å². The molecule has 1 N–H and O–H groups in total. The van der Waals surface area contributed by atoms with Crippen molar-refractivity contribution >= 4 is 17.4 Å². The summed E-state index contributed by atoms with van der Waals surface area (Å²) in [6.45, 7) is 6.90. The minimum atomic E-state index is -0.496. The van der Waals surface area contributed by atoms with Gasteiger partial charge < -0.3 is 5.32 Å². The van der Waals surface area contributed by atoms with Crippen molar-refractivity contribution in [1.82, 2.24) is 4.98 Å². The molecular weight excluding hydrogens is 204 g/mol. The fourth-order valence-electron chi connectivity index (χ4n) is 1.11. The van der Waals surface area contributed by atoms with Gasteiger partial charge in [-0.15, -0.1) is 0 Å². The highest BCUT2D eigenvalue weighted by Gasteiger charge is 2.22. The Morgan fingerprint density at radius 2 is 1.94 bits per heavy atom. The standard InChI is InChI=1S/C12H16N2O2/c1-8(15)9-5-6-13-7-10(9)14-11(16)12(2,3)4/h5-7H,1-4H3,(H,14,16). The number of Topliss-reactive ketones (excluding diaryl/α,β-unsaturated/α-hetero) is 1. The quantitative estimate of drug-likeness (QED) is 0.778. The van der Waals surface area contributed by atoms with Gasteiger partial charge in [0.05, 0.1) is 11.9 Å². The third-order valence-electron chi connectivity index (χ3n) is 2.13. The Labute approximate surface area is 95.1 Å². The lowest BCUT2D eigenvalue weighted by Crippen LogP contribution is -2.28. The fraction of sp³-hybridized carbons (Fsp3) is 0.417. The molecule has 0 fully saturated rings. The van der Waals surface area contributed by atoms with Crippen LogP contribution in [-0.4, -0.2) is 16.7 Å². The molecule has 86 valence electrons. The molecular formula is C12H16N2O2. The molecule has 1 heterocycles. The van der Waals surface area contributed by atoms with E-state index < -0.39 is 5.41 Å². The first-order valence-corrected chi connectivity index (χ1v) is 5.09. The van der Waals surface area contributed by atoms with Crippen LogP contribution in [0.3, 0.4) is 0 Å². The van der Waals surface area contributed by atoms with E-state index in [2.05, 4.69) is 10.3 Å². The van der Waals surface area contributed by atoms with Crippen molar-refractivity contribution in [2.24, 2.45) is 5.41 Å². The van der Waals surface area contributed by atoms with Crippen molar-refractivity contribution in [2.75, 3.05) is 5.32 Å². The SMILES string of the molecule is CC(=O)c1ccncc1NC(=O)C(C)(C)C. The Hall–Kier alpha value is -1.71. The highest BCUT2D eigenvalue weighted by atomic mass is 16.2. The third kappa shape index (κ3) is 2.89. The van der Waals surface area contributed by atoms with Gasteiger partial charge in [-0.1, -0.05) is 20.8 Å². The Balaban J connectivity index is 2.98. The van der Waals surface area contributed by atoms with Gasteiger partial charge in [-0.25, -0.2) is 0 Å². The summed E-state index contributed by atoms with van der Waals surface area (Å²) >= 11 is 0. The third-order valence-corrected chi connectivity index (χ3v) is 2.13. The number of pyridine rings is 1. The number of amides is 1. The van der Waals surface area contributed by atoms with Crippen LogP contribution in [0.15, 0.2) is 18.5 Å². The molecule has 1 aromatic heterocycles. The molecule has 0 spiro atoms. The van der Waals surface area contributed by atoms with Crippen LogP contribution in [0.5, 0.6) is 0 Å². The monoisotopic (exact) mass is 220 g/mol. The van der Waals surface area contributed by atoms with E-state index in [0.717, 1.165) is 0 Å². The summed E-state index contributed by atoms with van der Waals surface area (Å²) in [5.41, 5.74) is 0.451. The summed E-state index contributed by atoms with van der Waals surface area (Å²) in [7, 11) is 0. The summed E-state index contributed by atoms with van der Waals surface area (Å²) < 4.78 is 0. The van der Waals surface area contributed by atoms with Crippen LogP contribution in [-0.2, 0) is 4.79 Å². The number of hydrogen-bond donors (Lipinski definition) is 1. The van der Waals surface area contributed by atoms with E-state index in [1.807, 2.05) is 20.8 Å². The molecule has 0 unspecified atom stereocenters. The van der Waals surface area contributed by atoms with Gasteiger partial charge in [-0.2, -0.15) is 0 Å². The maximum atomic E-state index is 11.8. The molecule has 16 heavy (non-hydrogen) atoms. The zero-order valence-corrected chi connectivity index (χ0v) is 10.00. The molecule has 0 bridgehead atoms. The zero-order valence-electron chi connectivity index (χ0n) is 10.00. The van der Waals surface area contributed by atoms with Gasteiger partial charge in [0.1, 0.15) is 0 Å². The molecule has 4 nitrogen and oxygen atoms in total. The van der Waals surface area contributed by atoms with Crippen molar-refractivity contribution in [3.63, 3.8) is 0 Å². The highest BCUT2D eigenvalue weighted by molar-refractivity contribution is 6.04. The normalized spacial score (nSPS) is 11.0. The number of hydrogen-bond acceptors (Lipinski definition) is 3. The van der Waals surface area contributed by atoms with Gasteiger partial charge in [0, 0.05) is 17.2 Å². The topological polar surface area (TPSA) is 59.1 Å². The summed E-state index contributed by atoms with van der Waals surface area (Å²) in [6, 6.07) is 1.60. The first-order chi connectivity index (χ1) is 7.32. The smallest absolute Gasteiger partial charge is 0.229 e. The highest BCUT2D eigenvalue weighted by Crippen LogP contribution is 2.19. The molecule has 1 amide bonds. The maximum Gasteiger partial charge on any atom is 0.229 e. The molecule has 0 saturated carbocycles. The van der Waals surface area contributed by atoms with E-state index in [9.17, 15) is 9.59 Å². The van der Waals surface area contributed by atoms with Gasteiger partial charge in [-0.3, -0.25) is 14.6 Å². The first-order valence-electron chi connectivity index (χ1n) is 5.09. The number of anilines is 1. The number of nitrogens with zero attached hydrogens (tertiary/aromatic N) is 1. The number of nitrogens with one attached hydrogen (secondary N) is 1. The van der Waals surface area contributed by atoms with Crippen molar-refractivity contribution in [1.29, 1.82) is 0 Å². The number of carbonyl (C=O) groups is 2. The van der Waals surface area contributed by atoms with Crippen LogP contribution in [0.1, 0.15) is 38.1 Å². The fourth-order valence-corrected chi connectivity index (χ4v) is 1.11. The van der Waals surface area contributed by atoms with E-state index >= 15 is 0 Å². The second kappa shape index (κ2) is 4.43. The van der Waals surface area contributed by atoms with Gasteiger partial charge in [-0.05, 0) is 13.0 Å². The van der Waals surface area contributed by atoms with E-state index in [1.165, 1.54) is 19.3 Å². The first kappa shape index (κ1) is 12.4. The molecule has 0 radical (unpaired) electrons. The van der Waals surface area contributed by atoms with E-state index in [1.54, 1.807) is 6.07 Å². The van der Waals surface area contributed by atoms with Crippen LogP contribution in [0.4, 0.5) is 5.69 Å². The van der Waals surface area contributed by atoms with Gasteiger partial charge in [0.2, 0.25) is 5.91 Å². The average Bonchev–Trinajstić information content (AvgIpc) is 2.16. The number of ketones is 1. The Morgan fingerprint density at radius 3 is 2.44 bits per heavy atom. The van der Waals surface area contributed by atoms with Crippen molar-refractivity contribution in [2.45, 2.75) is 27.7 Å². The molecule has 1 rings (SSSR count). The Kier molecular flexibility index (Phi) is 3.42. The van der Waals surface area contributed by atoms with Crippen LogP contribution in [0.2, 0.25) is 0 Å². The van der Waals surface area contributed by atoms with E-state index in [0.29, 0.717) is 11.3 Å². The number of aromatic nitrogens is 1. The average molecular weight is 220 g/mol. The van der Waals surface area contributed by atoms with Gasteiger partial charge >= 0.3 is 0 Å².